The molecular weight excluding hydrogens is 304 g/mol. The molecule has 0 saturated carbocycles. The Morgan fingerprint density at radius 3 is 1.58 bits per heavy atom. The number of carboxylic acid groups (broad SMARTS) is 1. The molecule has 0 aliphatic carbocycles. The van der Waals surface area contributed by atoms with Gasteiger partial charge in [0.05, 0.1) is 12.2 Å². The molecule has 0 aromatic rings. The van der Waals surface area contributed by atoms with Crippen LogP contribution in [0.3, 0.4) is 0 Å². The zero-order chi connectivity index (χ0) is 18.0. The second-order valence-corrected chi connectivity index (χ2v) is 6.80. The fourth-order valence-electron chi connectivity index (χ4n) is 3.19. The third-order valence-electron chi connectivity index (χ3n) is 4.74. The molecule has 4 heteroatoms. The van der Waals surface area contributed by atoms with Crippen molar-refractivity contribution in [3.05, 3.63) is 0 Å². The first-order valence-electron chi connectivity index (χ1n) is 9.93. The number of carboxylic acids is 1. The average Bonchev–Trinajstić information content (AvgIpc) is 2.57. The molecule has 24 heavy (non-hydrogen) atoms. The standard InChI is InChI=1S/C20H40O4/c1-4-5-6-7-9-12-15-18(23-2)19(24-3)16-13-10-8-11-14-17-20(21)22/h18-19H,4-17H2,1-3H3,(H,21,22). The third kappa shape index (κ3) is 13.8. The van der Waals surface area contributed by atoms with Gasteiger partial charge in [-0.05, 0) is 19.3 Å². The summed E-state index contributed by atoms with van der Waals surface area (Å²) in [5.74, 6) is -0.688. The molecule has 2 unspecified atom stereocenters. The molecule has 0 rings (SSSR count). The van der Waals surface area contributed by atoms with Crippen molar-refractivity contribution in [3.8, 4) is 0 Å². The fraction of sp³-hybridized carbons (Fsp3) is 0.950. The van der Waals surface area contributed by atoms with Crippen LogP contribution in [0.15, 0.2) is 0 Å². The molecule has 4 nitrogen and oxygen atoms in total. The van der Waals surface area contributed by atoms with Crippen LogP contribution in [0.1, 0.15) is 96.8 Å². The summed E-state index contributed by atoms with van der Waals surface area (Å²) in [6.45, 7) is 2.25. The summed E-state index contributed by atoms with van der Waals surface area (Å²) in [6.07, 6.45) is 15.8. The van der Waals surface area contributed by atoms with Gasteiger partial charge in [-0.15, -0.1) is 0 Å². The van der Waals surface area contributed by atoms with Gasteiger partial charge in [0.2, 0.25) is 0 Å². The molecule has 0 aromatic heterocycles. The van der Waals surface area contributed by atoms with Gasteiger partial charge in [-0.3, -0.25) is 4.79 Å². The zero-order valence-corrected chi connectivity index (χ0v) is 16.2. The summed E-state index contributed by atoms with van der Waals surface area (Å²) in [4.78, 5) is 10.5. The van der Waals surface area contributed by atoms with Crippen molar-refractivity contribution >= 4 is 5.97 Å². The Balaban J connectivity index is 3.75. The van der Waals surface area contributed by atoms with Crippen molar-refractivity contribution in [2.75, 3.05) is 14.2 Å². The van der Waals surface area contributed by atoms with E-state index >= 15 is 0 Å². The van der Waals surface area contributed by atoms with Gasteiger partial charge in [0.1, 0.15) is 0 Å². The molecule has 0 amide bonds. The highest BCUT2D eigenvalue weighted by Crippen LogP contribution is 2.19. The topological polar surface area (TPSA) is 55.8 Å². The highest BCUT2D eigenvalue weighted by Gasteiger charge is 2.20. The summed E-state index contributed by atoms with van der Waals surface area (Å²) < 4.78 is 11.3. The van der Waals surface area contributed by atoms with Crippen LogP contribution in [0.25, 0.3) is 0 Å². The van der Waals surface area contributed by atoms with Crippen LogP contribution < -0.4 is 0 Å². The van der Waals surface area contributed by atoms with E-state index < -0.39 is 5.97 Å². The van der Waals surface area contributed by atoms with Gasteiger partial charge in [-0.25, -0.2) is 0 Å². The maximum Gasteiger partial charge on any atom is 0.303 e. The number of unbranched alkanes of at least 4 members (excludes halogenated alkanes) is 9. The monoisotopic (exact) mass is 344 g/mol. The fourth-order valence-corrected chi connectivity index (χ4v) is 3.19. The summed E-state index contributed by atoms with van der Waals surface area (Å²) >= 11 is 0. The van der Waals surface area contributed by atoms with E-state index in [0.29, 0.717) is 6.42 Å². The third-order valence-corrected chi connectivity index (χ3v) is 4.74. The zero-order valence-electron chi connectivity index (χ0n) is 16.2. The molecule has 0 radical (unpaired) electrons. The molecule has 0 spiro atoms. The lowest BCUT2D eigenvalue weighted by atomic mass is 9.99. The number of hydrogen-bond donors (Lipinski definition) is 1. The molecule has 0 heterocycles. The van der Waals surface area contributed by atoms with Crippen molar-refractivity contribution in [1.82, 2.24) is 0 Å². The van der Waals surface area contributed by atoms with Crippen LogP contribution in [0.5, 0.6) is 0 Å². The molecular formula is C20H40O4. The molecule has 0 fully saturated rings. The highest BCUT2D eigenvalue weighted by atomic mass is 16.5. The minimum atomic E-state index is -0.688. The normalized spacial score (nSPS) is 13.8. The average molecular weight is 345 g/mol. The number of aliphatic carboxylic acids is 1. The molecule has 0 saturated heterocycles. The van der Waals surface area contributed by atoms with E-state index in [0.717, 1.165) is 44.9 Å². The van der Waals surface area contributed by atoms with Gasteiger partial charge in [0.15, 0.2) is 0 Å². The smallest absolute Gasteiger partial charge is 0.303 e. The van der Waals surface area contributed by atoms with Gasteiger partial charge in [0, 0.05) is 20.6 Å². The number of carbonyl (C=O) groups is 1. The Morgan fingerprint density at radius 1 is 0.750 bits per heavy atom. The largest absolute Gasteiger partial charge is 0.481 e. The van der Waals surface area contributed by atoms with E-state index in [1.165, 1.54) is 38.5 Å². The Hall–Kier alpha value is -0.610. The Morgan fingerprint density at radius 2 is 1.17 bits per heavy atom. The Bertz CT molecular complexity index is 281. The first kappa shape index (κ1) is 23.4. The van der Waals surface area contributed by atoms with Crippen LogP contribution >= 0.6 is 0 Å². The molecule has 144 valence electrons. The summed E-state index contributed by atoms with van der Waals surface area (Å²) in [5, 5.41) is 8.61. The van der Waals surface area contributed by atoms with E-state index in [1.54, 1.807) is 14.2 Å². The molecule has 2 atom stereocenters. The number of methoxy groups -OCH3 is 2. The first-order chi connectivity index (χ1) is 11.7. The summed E-state index contributed by atoms with van der Waals surface area (Å²) in [7, 11) is 3.57. The van der Waals surface area contributed by atoms with Crippen LogP contribution in [0.4, 0.5) is 0 Å². The Labute approximate surface area is 149 Å². The minimum absolute atomic E-state index is 0.185. The van der Waals surface area contributed by atoms with Gasteiger partial charge in [-0.1, -0.05) is 71.1 Å². The van der Waals surface area contributed by atoms with E-state index in [9.17, 15) is 4.79 Å². The van der Waals surface area contributed by atoms with Crippen molar-refractivity contribution in [1.29, 1.82) is 0 Å². The van der Waals surface area contributed by atoms with E-state index in [1.807, 2.05) is 0 Å². The molecule has 1 N–H and O–H groups in total. The highest BCUT2D eigenvalue weighted by molar-refractivity contribution is 5.66. The lowest BCUT2D eigenvalue weighted by Gasteiger charge is -2.25. The Kier molecular flexibility index (Phi) is 16.8. The van der Waals surface area contributed by atoms with Crippen LogP contribution in [-0.4, -0.2) is 37.5 Å². The lowest BCUT2D eigenvalue weighted by molar-refractivity contribution is -0.137. The van der Waals surface area contributed by atoms with E-state index in [2.05, 4.69) is 6.92 Å². The molecule has 0 aliphatic heterocycles. The number of rotatable bonds is 18. The predicted octanol–water partition coefficient (Wildman–Crippen LogP) is 5.58. The first-order valence-corrected chi connectivity index (χ1v) is 9.93. The van der Waals surface area contributed by atoms with Gasteiger partial charge < -0.3 is 14.6 Å². The van der Waals surface area contributed by atoms with Crippen molar-refractivity contribution in [3.63, 3.8) is 0 Å². The lowest BCUT2D eigenvalue weighted by Crippen LogP contribution is -2.30. The van der Waals surface area contributed by atoms with Gasteiger partial charge in [-0.2, -0.15) is 0 Å². The molecule has 0 aromatic carbocycles. The predicted molar refractivity (Wildman–Crippen MR) is 99.5 cm³/mol. The SMILES string of the molecule is CCCCCCCCC(OC)C(CCCCCCCC(=O)O)OC. The van der Waals surface area contributed by atoms with Crippen LogP contribution in [0.2, 0.25) is 0 Å². The van der Waals surface area contributed by atoms with Crippen molar-refractivity contribution in [2.45, 2.75) is 109 Å². The molecule has 0 bridgehead atoms. The van der Waals surface area contributed by atoms with Gasteiger partial charge in [0.25, 0.3) is 0 Å². The maximum absolute atomic E-state index is 10.5. The summed E-state index contributed by atoms with van der Waals surface area (Å²) in [6, 6.07) is 0. The quantitative estimate of drug-likeness (QED) is 0.330. The van der Waals surface area contributed by atoms with E-state index in [4.69, 9.17) is 14.6 Å². The van der Waals surface area contributed by atoms with Gasteiger partial charge >= 0.3 is 5.97 Å². The molecule has 0 aliphatic rings. The maximum atomic E-state index is 10.5. The summed E-state index contributed by atoms with van der Waals surface area (Å²) in [5.41, 5.74) is 0. The van der Waals surface area contributed by atoms with Crippen LogP contribution in [-0.2, 0) is 14.3 Å². The number of ether oxygens (including phenoxy) is 2. The minimum Gasteiger partial charge on any atom is -0.481 e. The second kappa shape index (κ2) is 17.2. The van der Waals surface area contributed by atoms with Crippen molar-refractivity contribution < 1.29 is 19.4 Å². The van der Waals surface area contributed by atoms with E-state index in [-0.39, 0.29) is 12.2 Å². The van der Waals surface area contributed by atoms with Crippen molar-refractivity contribution in [2.24, 2.45) is 0 Å². The second-order valence-electron chi connectivity index (χ2n) is 6.80. The van der Waals surface area contributed by atoms with Crippen LogP contribution in [0, 0.1) is 0 Å². The number of hydrogen-bond acceptors (Lipinski definition) is 3.